The van der Waals surface area contributed by atoms with Crippen LogP contribution in [0.25, 0.3) is 0 Å². The summed E-state index contributed by atoms with van der Waals surface area (Å²) in [5, 5.41) is 0.952. The first-order chi connectivity index (χ1) is 4.43. The van der Waals surface area contributed by atoms with Gasteiger partial charge in [-0.2, -0.15) is 0 Å². The molecule has 0 atom stereocenters. The van der Waals surface area contributed by atoms with E-state index in [1.54, 1.807) is 0 Å². The van der Waals surface area contributed by atoms with Crippen molar-refractivity contribution >= 4 is 0 Å². The first-order valence-electron chi connectivity index (χ1n) is 3.08. The Morgan fingerprint density at radius 1 is 1.22 bits per heavy atom. The molecule has 1 aromatic rings. The summed E-state index contributed by atoms with van der Waals surface area (Å²) in [5.74, 6) is 0. The molecule has 0 bridgehead atoms. The van der Waals surface area contributed by atoms with Gasteiger partial charge in [0.05, 0.1) is 0 Å². The fourth-order valence-corrected chi connectivity index (χ4v) is 2.01. The van der Waals surface area contributed by atoms with Crippen molar-refractivity contribution in [3.05, 3.63) is 35.9 Å². The van der Waals surface area contributed by atoms with Gasteiger partial charge in [-0.05, 0) is 0 Å². The van der Waals surface area contributed by atoms with E-state index in [4.69, 9.17) is 3.93 Å². The molecule has 1 N–H and O–H groups in total. The van der Waals surface area contributed by atoms with Crippen molar-refractivity contribution in [2.24, 2.45) is 0 Å². The van der Waals surface area contributed by atoms with Crippen LogP contribution in [0, 0.1) is 0 Å². The second-order valence-electron chi connectivity index (χ2n) is 1.96. The summed E-state index contributed by atoms with van der Waals surface area (Å²) in [6.07, 6.45) is 0. The minimum atomic E-state index is -1.14. The van der Waals surface area contributed by atoms with E-state index >= 15 is 0 Å². The van der Waals surface area contributed by atoms with Crippen molar-refractivity contribution in [3.8, 4) is 0 Å². The van der Waals surface area contributed by atoms with Crippen LogP contribution >= 0.6 is 0 Å². The summed E-state index contributed by atoms with van der Waals surface area (Å²) in [5.41, 5.74) is 1.28. The normalized spacial score (nSPS) is 8.56. The number of benzene rings is 1. The number of hydrogen-bond donors (Lipinski definition) is 1. The van der Waals surface area contributed by atoms with E-state index in [-0.39, 0.29) is 0 Å². The average Bonchev–Trinajstić information content (AvgIpc) is 1.91. The average molecular weight is 174 g/mol. The first kappa shape index (κ1) is 6.92. The Morgan fingerprint density at radius 2 is 1.89 bits per heavy atom. The van der Waals surface area contributed by atoms with Crippen LogP contribution in [0.3, 0.4) is 0 Å². The summed E-state index contributed by atoms with van der Waals surface area (Å²) in [7, 11) is 0. The van der Waals surface area contributed by atoms with Crippen LogP contribution in [0.2, 0.25) is 0 Å². The molecule has 0 radical (unpaired) electrons. The van der Waals surface area contributed by atoms with Gasteiger partial charge in [-0.3, -0.25) is 0 Å². The molecule has 1 nitrogen and oxygen atoms in total. The van der Waals surface area contributed by atoms with E-state index < -0.39 is 17.5 Å². The van der Waals surface area contributed by atoms with Crippen molar-refractivity contribution in [2.45, 2.75) is 5.02 Å². The van der Waals surface area contributed by atoms with E-state index in [9.17, 15) is 0 Å². The molecule has 0 spiro atoms. The van der Waals surface area contributed by atoms with Crippen molar-refractivity contribution in [3.63, 3.8) is 0 Å². The fourth-order valence-electron chi connectivity index (χ4n) is 0.774. The van der Waals surface area contributed by atoms with Crippen LogP contribution in [0.1, 0.15) is 5.56 Å². The van der Waals surface area contributed by atoms with Gasteiger partial charge in [0.25, 0.3) is 0 Å². The summed E-state index contributed by atoms with van der Waals surface area (Å²) < 4.78 is 8.71. The monoisotopic (exact) mass is 172 g/mol. The molecule has 44 valence electrons. The predicted molar refractivity (Wildman–Crippen MR) is 32.4 cm³/mol. The van der Waals surface area contributed by atoms with Crippen LogP contribution in [0.15, 0.2) is 30.3 Å². The van der Waals surface area contributed by atoms with Gasteiger partial charge >= 0.3 is 62.3 Å². The Bertz CT molecular complexity index is 162. The quantitative estimate of drug-likeness (QED) is 0.666. The zero-order valence-corrected chi connectivity index (χ0v) is 8.22. The van der Waals surface area contributed by atoms with E-state index in [1.165, 1.54) is 5.56 Å². The topological polar surface area (TPSA) is 20.2 Å². The van der Waals surface area contributed by atoms with Gasteiger partial charge in [0.1, 0.15) is 0 Å². The Balaban J connectivity index is 2.61. The molecule has 2 heteroatoms. The van der Waals surface area contributed by atoms with Crippen molar-refractivity contribution < 1.29 is 21.4 Å². The van der Waals surface area contributed by atoms with Crippen LogP contribution in [-0.2, 0) is 22.5 Å². The summed E-state index contributed by atoms with van der Waals surface area (Å²) in [4.78, 5) is 0. The molecule has 1 aromatic carbocycles. The Hall–Kier alpha value is -0.197. The molecule has 0 aliphatic carbocycles. The van der Waals surface area contributed by atoms with Gasteiger partial charge < -0.3 is 0 Å². The zero-order chi connectivity index (χ0) is 6.53. The maximum atomic E-state index is 8.71. The molecule has 0 aliphatic heterocycles. The summed E-state index contributed by atoms with van der Waals surface area (Å²) in [6, 6.07) is 10.1. The number of hydrogen-bond acceptors (Lipinski definition) is 1. The molecule has 0 fully saturated rings. The molecule has 0 heterocycles. The van der Waals surface area contributed by atoms with Gasteiger partial charge in [0, 0.05) is 0 Å². The maximum absolute atomic E-state index is 8.71. The summed E-state index contributed by atoms with van der Waals surface area (Å²) in [6.45, 7) is 0. The van der Waals surface area contributed by atoms with Gasteiger partial charge in [-0.1, -0.05) is 0 Å². The molecule has 1 rings (SSSR count). The third kappa shape index (κ3) is 2.25. The van der Waals surface area contributed by atoms with Gasteiger partial charge in [-0.25, -0.2) is 0 Å². The van der Waals surface area contributed by atoms with Crippen molar-refractivity contribution in [2.75, 3.05) is 0 Å². The van der Waals surface area contributed by atoms with Gasteiger partial charge in [0.15, 0.2) is 0 Å². The molecule has 0 saturated carbocycles. The summed E-state index contributed by atoms with van der Waals surface area (Å²) >= 11 is -1.14. The zero-order valence-electron chi connectivity index (χ0n) is 5.25. The fraction of sp³-hybridized carbons (Fsp3) is 0.143. The SMILES string of the molecule is [OH][Zn][CH2]c1ccccc1. The Labute approximate surface area is 62.7 Å². The Morgan fingerprint density at radius 3 is 2.44 bits per heavy atom. The molecular formula is C7H8OZn. The Kier molecular flexibility index (Phi) is 2.89. The van der Waals surface area contributed by atoms with Crippen molar-refractivity contribution in [1.29, 1.82) is 0 Å². The molecular weight excluding hydrogens is 165 g/mol. The van der Waals surface area contributed by atoms with E-state index in [2.05, 4.69) is 12.1 Å². The van der Waals surface area contributed by atoms with Crippen LogP contribution < -0.4 is 0 Å². The molecule has 0 amide bonds. The molecule has 0 saturated heterocycles. The third-order valence-electron chi connectivity index (χ3n) is 1.24. The van der Waals surface area contributed by atoms with E-state index in [0.29, 0.717) is 0 Å². The minimum absolute atomic E-state index is 0.952. The first-order valence-corrected chi connectivity index (χ1v) is 6.51. The van der Waals surface area contributed by atoms with E-state index in [0.717, 1.165) is 5.02 Å². The number of rotatable bonds is 2. The van der Waals surface area contributed by atoms with Crippen LogP contribution in [-0.4, -0.2) is 3.93 Å². The van der Waals surface area contributed by atoms with Gasteiger partial charge in [-0.15, -0.1) is 0 Å². The molecule has 0 unspecified atom stereocenters. The molecule has 0 aromatic heterocycles. The van der Waals surface area contributed by atoms with Crippen molar-refractivity contribution in [1.82, 2.24) is 0 Å². The second kappa shape index (κ2) is 3.76. The molecule has 9 heavy (non-hydrogen) atoms. The van der Waals surface area contributed by atoms with Crippen LogP contribution in [0.4, 0.5) is 0 Å². The third-order valence-corrected chi connectivity index (χ3v) is 2.92. The standard InChI is InChI=1S/C7H7.H2O.Zn/c1-7-5-3-2-4-6-7;;/h2-6H,1H2;1H2;/q;;+1/p-1. The van der Waals surface area contributed by atoms with E-state index in [1.807, 2.05) is 18.2 Å². The van der Waals surface area contributed by atoms with Crippen LogP contribution in [0.5, 0.6) is 0 Å². The second-order valence-corrected chi connectivity index (χ2v) is 3.95. The predicted octanol–water partition coefficient (Wildman–Crippen LogP) is 1.18. The molecule has 0 aliphatic rings. The van der Waals surface area contributed by atoms with Gasteiger partial charge in [0.2, 0.25) is 0 Å².